The molecule has 1 amide bonds. The molecule has 2 aliphatic heterocycles. The van der Waals surface area contributed by atoms with E-state index >= 15 is 0 Å². The Hall–Kier alpha value is -4.04. The van der Waals surface area contributed by atoms with E-state index in [9.17, 15) is 19.1 Å². The number of anilines is 1. The van der Waals surface area contributed by atoms with Gasteiger partial charge in [-0.2, -0.15) is 0 Å². The Kier molecular flexibility index (Phi) is 5.79. The lowest BCUT2D eigenvalue weighted by Crippen LogP contribution is -2.29. The Morgan fingerprint density at radius 1 is 1.11 bits per heavy atom. The van der Waals surface area contributed by atoms with Crippen LogP contribution in [0, 0.1) is 5.82 Å². The Bertz CT molecular complexity index is 1640. The Morgan fingerprint density at radius 3 is 2.61 bits per heavy atom. The first kappa shape index (κ1) is 24.3. The van der Waals surface area contributed by atoms with Crippen LogP contribution < -0.4 is 9.64 Å². The summed E-state index contributed by atoms with van der Waals surface area (Å²) in [6.45, 7) is 6.13. The summed E-state index contributed by atoms with van der Waals surface area (Å²) in [5, 5.41) is 11.8. The number of hydrogen-bond acceptors (Lipinski definition) is 6. The zero-order chi connectivity index (χ0) is 26.7. The van der Waals surface area contributed by atoms with Crippen LogP contribution in [0.25, 0.3) is 16.0 Å². The number of amides is 1. The molecular weight excluding hydrogens is 503 g/mol. The molecule has 2 atom stereocenters. The normalized spacial score (nSPS) is 20.4. The van der Waals surface area contributed by atoms with Crippen LogP contribution in [0.3, 0.4) is 0 Å². The van der Waals surface area contributed by atoms with Gasteiger partial charge in [0.2, 0.25) is 0 Å². The first-order valence-electron chi connectivity index (χ1n) is 12.5. The number of ether oxygens (including phenoxy) is 1. The summed E-state index contributed by atoms with van der Waals surface area (Å²) >= 11 is 1.13. The first-order chi connectivity index (χ1) is 18.2. The van der Waals surface area contributed by atoms with Crippen molar-refractivity contribution in [2.45, 2.75) is 45.3 Å². The number of halogens is 1. The van der Waals surface area contributed by atoms with E-state index in [0.717, 1.165) is 28.2 Å². The Labute approximate surface area is 223 Å². The number of ketones is 1. The molecule has 1 N–H and O–H groups in total. The zero-order valence-corrected chi connectivity index (χ0v) is 21.9. The molecule has 8 heteroatoms. The number of carbonyl (C=O) groups is 2. The predicted octanol–water partition coefficient (Wildman–Crippen LogP) is 6.51. The van der Waals surface area contributed by atoms with Crippen LogP contribution in [0.5, 0.6) is 5.75 Å². The molecule has 2 aliphatic rings. The van der Waals surface area contributed by atoms with Gasteiger partial charge < -0.3 is 9.84 Å². The second kappa shape index (κ2) is 9.06. The molecule has 3 aromatic carbocycles. The smallest absolute Gasteiger partial charge is 0.301 e. The minimum absolute atomic E-state index is 0.00959. The summed E-state index contributed by atoms with van der Waals surface area (Å²) in [5.41, 5.74) is 3.66. The predicted molar refractivity (Wildman–Crippen MR) is 145 cm³/mol. The van der Waals surface area contributed by atoms with Crippen LogP contribution in [0.2, 0.25) is 0 Å². The summed E-state index contributed by atoms with van der Waals surface area (Å²) in [6, 6.07) is 16.2. The number of aliphatic hydroxyl groups excluding tert-OH is 1. The molecule has 0 spiro atoms. The van der Waals surface area contributed by atoms with Crippen LogP contribution in [0.15, 0.2) is 66.2 Å². The molecular formula is C30H25FN2O4S. The number of thiazole rings is 1. The monoisotopic (exact) mass is 528 g/mol. The molecule has 3 heterocycles. The van der Waals surface area contributed by atoms with Gasteiger partial charge in [0.15, 0.2) is 5.13 Å². The molecule has 4 aromatic rings. The zero-order valence-electron chi connectivity index (χ0n) is 21.1. The van der Waals surface area contributed by atoms with Gasteiger partial charge in [-0.3, -0.25) is 14.5 Å². The molecule has 0 bridgehead atoms. The van der Waals surface area contributed by atoms with Crippen LogP contribution >= 0.6 is 11.3 Å². The highest BCUT2D eigenvalue weighted by Gasteiger charge is 2.48. The highest BCUT2D eigenvalue weighted by Crippen LogP contribution is 2.45. The maximum absolute atomic E-state index is 13.9. The largest absolute Gasteiger partial charge is 0.507 e. The molecule has 38 heavy (non-hydrogen) atoms. The number of rotatable bonds is 4. The van der Waals surface area contributed by atoms with Crippen LogP contribution in [0.1, 0.15) is 55.0 Å². The van der Waals surface area contributed by atoms with Crippen LogP contribution in [-0.4, -0.2) is 27.9 Å². The van der Waals surface area contributed by atoms with Crippen molar-refractivity contribution < 1.29 is 23.8 Å². The molecule has 0 aliphatic carbocycles. The van der Waals surface area contributed by atoms with Crippen LogP contribution in [0.4, 0.5) is 9.52 Å². The molecule has 192 valence electrons. The van der Waals surface area contributed by atoms with Gasteiger partial charge >= 0.3 is 5.91 Å². The number of aliphatic hydroxyl groups is 1. The fourth-order valence-electron chi connectivity index (χ4n) is 5.12. The highest BCUT2D eigenvalue weighted by molar-refractivity contribution is 7.22. The summed E-state index contributed by atoms with van der Waals surface area (Å²) in [4.78, 5) is 32.9. The maximum atomic E-state index is 13.9. The van der Waals surface area contributed by atoms with E-state index in [1.165, 1.54) is 17.0 Å². The molecule has 6 rings (SSSR count). The van der Waals surface area contributed by atoms with E-state index in [1.807, 2.05) is 31.2 Å². The standard InChI is InChI=1S/C30H25FN2O4S/c1-15(2)17-4-6-18(7-5-17)26-25(27(34)19-8-11-23-20(13-19)12-16(3)37-23)28(35)29(36)33(26)30-32-22-10-9-21(31)14-24(22)38-30/h4-11,13-16,26,34H,12H2,1-3H3/t16-,26-/m1/s1. The fourth-order valence-corrected chi connectivity index (χ4v) is 6.14. The number of carbonyl (C=O) groups excluding carboxylic acids is 2. The topological polar surface area (TPSA) is 79.7 Å². The van der Waals surface area contributed by atoms with E-state index in [0.29, 0.717) is 33.7 Å². The van der Waals surface area contributed by atoms with Crippen LogP contribution in [-0.2, 0) is 16.0 Å². The summed E-state index contributed by atoms with van der Waals surface area (Å²) < 4.78 is 20.2. The summed E-state index contributed by atoms with van der Waals surface area (Å²) in [6.07, 6.45) is 0.712. The second-order valence-corrected chi connectivity index (χ2v) is 11.1. The van der Waals surface area contributed by atoms with Crippen molar-refractivity contribution in [2.75, 3.05) is 4.90 Å². The van der Waals surface area contributed by atoms with Gasteiger partial charge in [-0.1, -0.05) is 49.4 Å². The van der Waals surface area contributed by atoms with Gasteiger partial charge in [-0.15, -0.1) is 0 Å². The van der Waals surface area contributed by atoms with E-state index in [4.69, 9.17) is 4.74 Å². The minimum atomic E-state index is -0.898. The van der Waals surface area contributed by atoms with Crippen molar-refractivity contribution in [1.29, 1.82) is 0 Å². The summed E-state index contributed by atoms with van der Waals surface area (Å²) in [5.74, 6) is -1.20. The minimum Gasteiger partial charge on any atom is -0.507 e. The van der Waals surface area contributed by atoms with Crippen molar-refractivity contribution >= 4 is 44.1 Å². The third kappa shape index (κ3) is 3.96. The quantitative estimate of drug-likeness (QED) is 0.186. The fraction of sp³-hybridized carbons (Fsp3) is 0.233. The number of benzene rings is 3. The number of nitrogens with zero attached hydrogens (tertiary/aromatic N) is 2. The Morgan fingerprint density at radius 2 is 1.87 bits per heavy atom. The van der Waals surface area contributed by atoms with E-state index in [-0.39, 0.29) is 22.6 Å². The molecule has 6 nitrogen and oxygen atoms in total. The molecule has 1 aromatic heterocycles. The molecule has 1 fully saturated rings. The molecule has 0 saturated carbocycles. The second-order valence-electron chi connectivity index (χ2n) is 10.1. The summed E-state index contributed by atoms with van der Waals surface area (Å²) in [7, 11) is 0. The third-order valence-electron chi connectivity index (χ3n) is 7.08. The van der Waals surface area contributed by atoms with Gasteiger partial charge in [-0.25, -0.2) is 9.37 Å². The first-order valence-corrected chi connectivity index (χ1v) is 13.3. The van der Waals surface area contributed by atoms with Gasteiger partial charge in [0.25, 0.3) is 5.78 Å². The average molecular weight is 529 g/mol. The molecule has 0 unspecified atom stereocenters. The highest BCUT2D eigenvalue weighted by atomic mass is 32.1. The van der Waals surface area contributed by atoms with E-state index < -0.39 is 23.5 Å². The van der Waals surface area contributed by atoms with Gasteiger partial charge in [0, 0.05) is 12.0 Å². The van der Waals surface area contributed by atoms with Gasteiger partial charge in [0.05, 0.1) is 21.8 Å². The number of aromatic nitrogens is 1. The lowest BCUT2D eigenvalue weighted by atomic mass is 9.93. The Balaban J connectivity index is 1.53. The van der Waals surface area contributed by atoms with Gasteiger partial charge in [0.1, 0.15) is 23.4 Å². The lowest BCUT2D eigenvalue weighted by molar-refractivity contribution is -0.132. The third-order valence-corrected chi connectivity index (χ3v) is 8.10. The molecule has 1 saturated heterocycles. The average Bonchev–Trinajstić information content (AvgIpc) is 3.55. The SMILES string of the molecule is CC(C)c1ccc([C@@H]2C(=C(O)c3ccc4c(c3)C[C@@H](C)O4)C(=O)C(=O)N2c2nc3ccc(F)cc3s2)cc1. The van der Waals surface area contributed by atoms with Crippen molar-refractivity contribution in [1.82, 2.24) is 4.98 Å². The van der Waals surface area contributed by atoms with Crippen molar-refractivity contribution in [2.24, 2.45) is 0 Å². The number of fused-ring (bicyclic) bond motifs is 2. The van der Waals surface area contributed by atoms with E-state index in [1.54, 1.807) is 24.3 Å². The molecule has 0 radical (unpaired) electrons. The number of Topliss-reactive ketones (excluding diaryl/α,β-unsaturated/α-hetero) is 1. The van der Waals surface area contributed by atoms with Crippen molar-refractivity contribution in [3.63, 3.8) is 0 Å². The van der Waals surface area contributed by atoms with Crippen molar-refractivity contribution in [3.05, 3.63) is 94.3 Å². The number of hydrogen-bond donors (Lipinski definition) is 1. The van der Waals surface area contributed by atoms with Gasteiger partial charge in [-0.05, 0) is 65.9 Å². The lowest BCUT2D eigenvalue weighted by Gasteiger charge is -2.23. The maximum Gasteiger partial charge on any atom is 0.301 e. The van der Waals surface area contributed by atoms with Crippen molar-refractivity contribution in [3.8, 4) is 5.75 Å². The van der Waals surface area contributed by atoms with E-state index in [2.05, 4.69) is 18.8 Å².